The monoisotopic (exact) mass is 434 g/mol. The Labute approximate surface area is 182 Å². The Morgan fingerprint density at radius 3 is 2.16 bits per heavy atom. The Morgan fingerprint density at radius 1 is 0.938 bits per heavy atom. The highest BCUT2D eigenvalue weighted by Crippen LogP contribution is 2.44. The van der Waals surface area contributed by atoms with Crippen LogP contribution < -0.4 is 10.6 Å². The largest absolute Gasteiger partial charge is 0.480 e. The molecule has 0 saturated heterocycles. The quantitative estimate of drug-likeness (QED) is 0.544. The summed E-state index contributed by atoms with van der Waals surface area (Å²) in [7, 11) is 0. The summed E-state index contributed by atoms with van der Waals surface area (Å²) in [6, 6.07) is 19.3. The number of nitrogens with one attached hydrogen (secondary N) is 2. The van der Waals surface area contributed by atoms with Crippen LogP contribution in [0.3, 0.4) is 0 Å². The third-order valence-electron chi connectivity index (χ3n) is 5.20. The molecule has 3 N–H and O–H groups in total. The molecule has 0 bridgehead atoms. The van der Waals surface area contributed by atoms with Gasteiger partial charge in [0.25, 0.3) is 5.91 Å². The van der Waals surface area contributed by atoms with Crippen molar-refractivity contribution >= 4 is 23.7 Å². The maximum Gasteiger partial charge on any atom is 0.411 e. The lowest BCUT2D eigenvalue weighted by Gasteiger charge is -2.15. The Bertz CT molecular complexity index is 1160. The van der Waals surface area contributed by atoms with Crippen molar-refractivity contribution in [1.29, 1.82) is 0 Å². The van der Waals surface area contributed by atoms with Crippen molar-refractivity contribution in [2.45, 2.75) is 5.92 Å². The van der Waals surface area contributed by atoms with Gasteiger partial charge in [-0.25, -0.2) is 9.18 Å². The van der Waals surface area contributed by atoms with E-state index in [9.17, 15) is 18.8 Å². The van der Waals surface area contributed by atoms with Crippen LogP contribution in [-0.4, -0.2) is 36.2 Å². The maximum absolute atomic E-state index is 14.2. The lowest BCUT2D eigenvalue weighted by molar-refractivity contribution is -0.135. The summed E-state index contributed by atoms with van der Waals surface area (Å²) in [5.41, 5.74) is 4.14. The van der Waals surface area contributed by atoms with Gasteiger partial charge in [0, 0.05) is 11.6 Å². The number of amides is 2. The second kappa shape index (κ2) is 8.89. The highest BCUT2D eigenvalue weighted by atomic mass is 19.1. The molecule has 32 heavy (non-hydrogen) atoms. The average molecular weight is 434 g/mol. The van der Waals surface area contributed by atoms with Gasteiger partial charge in [-0.15, -0.1) is 0 Å². The number of benzene rings is 3. The van der Waals surface area contributed by atoms with Gasteiger partial charge in [-0.1, -0.05) is 48.5 Å². The zero-order chi connectivity index (χ0) is 22.7. The summed E-state index contributed by atoms with van der Waals surface area (Å²) in [6.07, 6.45) is -0.755. The van der Waals surface area contributed by atoms with E-state index in [1.54, 1.807) is 0 Å². The number of ether oxygens (including phenoxy) is 1. The summed E-state index contributed by atoms with van der Waals surface area (Å²) < 4.78 is 19.6. The van der Waals surface area contributed by atoms with E-state index in [2.05, 4.69) is 10.6 Å². The minimum absolute atomic E-state index is 0.106. The summed E-state index contributed by atoms with van der Waals surface area (Å²) in [5.74, 6) is -3.11. The first-order valence-corrected chi connectivity index (χ1v) is 9.85. The summed E-state index contributed by atoms with van der Waals surface area (Å²) in [6.45, 7) is -0.518. The molecule has 0 radical (unpaired) electrons. The molecule has 0 spiro atoms. The highest BCUT2D eigenvalue weighted by Gasteiger charge is 2.29. The summed E-state index contributed by atoms with van der Waals surface area (Å²) in [5, 5.41) is 13.1. The third-order valence-corrected chi connectivity index (χ3v) is 5.20. The third kappa shape index (κ3) is 4.29. The fourth-order valence-corrected chi connectivity index (χ4v) is 3.78. The van der Waals surface area contributed by atoms with E-state index in [4.69, 9.17) is 9.84 Å². The predicted molar refractivity (Wildman–Crippen MR) is 115 cm³/mol. The summed E-state index contributed by atoms with van der Waals surface area (Å²) >= 11 is 0. The van der Waals surface area contributed by atoms with Crippen LogP contribution in [0.4, 0.5) is 14.9 Å². The smallest absolute Gasteiger partial charge is 0.411 e. The van der Waals surface area contributed by atoms with E-state index in [-0.39, 0.29) is 23.8 Å². The standard InChI is InChI=1S/C24H19FN2O5/c25-21-11-14(9-10-19(21)23(30)26-12-22(28)29)27-24(31)32-13-20-17-7-3-1-5-15(17)16-6-2-4-8-18(16)20/h1-11,20H,12-13H2,(H,26,30)(H,27,31)(H,28,29). The lowest BCUT2D eigenvalue weighted by Crippen LogP contribution is -2.29. The number of halogens is 1. The van der Waals surface area contributed by atoms with Crippen molar-refractivity contribution in [2.75, 3.05) is 18.5 Å². The molecule has 1 aliphatic carbocycles. The average Bonchev–Trinajstić information content (AvgIpc) is 3.10. The van der Waals surface area contributed by atoms with Gasteiger partial charge in [-0.05, 0) is 40.5 Å². The number of carbonyl (C=O) groups excluding carboxylic acids is 2. The van der Waals surface area contributed by atoms with Gasteiger partial charge < -0.3 is 15.2 Å². The van der Waals surface area contributed by atoms with Crippen molar-refractivity contribution in [2.24, 2.45) is 0 Å². The van der Waals surface area contributed by atoms with Crippen molar-refractivity contribution in [3.63, 3.8) is 0 Å². The molecule has 0 aliphatic heterocycles. The minimum atomic E-state index is -1.24. The Kier molecular flexibility index (Phi) is 5.85. The van der Waals surface area contributed by atoms with Crippen LogP contribution in [0, 0.1) is 5.82 Å². The fraction of sp³-hybridized carbons (Fsp3) is 0.125. The van der Waals surface area contributed by atoms with Crippen molar-refractivity contribution in [3.05, 3.63) is 89.2 Å². The highest BCUT2D eigenvalue weighted by molar-refractivity contribution is 5.96. The molecule has 2 amide bonds. The van der Waals surface area contributed by atoms with Crippen molar-refractivity contribution in [3.8, 4) is 11.1 Å². The summed E-state index contributed by atoms with van der Waals surface area (Å²) in [4.78, 5) is 34.6. The zero-order valence-electron chi connectivity index (χ0n) is 16.8. The minimum Gasteiger partial charge on any atom is -0.480 e. The molecule has 3 aromatic carbocycles. The van der Waals surface area contributed by atoms with E-state index in [0.29, 0.717) is 0 Å². The van der Waals surface area contributed by atoms with Gasteiger partial charge in [-0.2, -0.15) is 0 Å². The van der Waals surface area contributed by atoms with E-state index in [0.717, 1.165) is 34.4 Å². The second-order valence-corrected chi connectivity index (χ2v) is 7.22. The van der Waals surface area contributed by atoms with Crippen LogP contribution in [0.15, 0.2) is 66.7 Å². The molecule has 0 saturated carbocycles. The Balaban J connectivity index is 1.40. The van der Waals surface area contributed by atoms with Gasteiger partial charge in [0.1, 0.15) is 19.0 Å². The molecule has 4 rings (SSSR count). The molecule has 0 aromatic heterocycles. The number of carbonyl (C=O) groups is 3. The molecule has 0 unspecified atom stereocenters. The molecule has 0 fully saturated rings. The molecule has 0 atom stereocenters. The van der Waals surface area contributed by atoms with E-state index >= 15 is 0 Å². The molecule has 162 valence electrons. The van der Waals surface area contributed by atoms with Crippen LogP contribution in [-0.2, 0) is 9.53 Å². The normalized spacial score (nSPS) is 11.9. The van der Waals surface area contributed by atoms with Crippen LogP contribution in [0.5, 0.6) is 0 Å². The number of anilines is 1. The van der Waals surface area contributed by atoms with Crippen molar-refractivity contribution in [1.82, 2.24) is 5.32 Å². The van der Waals surface area contributed by atoms with E-state index in [1.165, 1.54) is 6.07 Å². The van der Waals surface area contributed by atoms with Gasteiger partial charge >= 0.3 is 12.1 Å². The van der Waals surface area contributed by atoms with Gasteiger partial charge in [-0.3, -0.25) is 14.9 Å². The number of hydrogen-bond acceptors (Lipinski definition) is 4. The first kappa shape index (κ1) is 21.0. The molecule has 3 aromatic rings. The van der Waals surface area contributed by atoms with Crippen molar-refractivity contribution < 1.29 is 28.6 Å². The number of hydrogen-bond donors (Lipinski definition) is 3. The first-order valence-electron chi connectivity index (χ1n) is 9.85. The van der Waals surface area contributed by atoms with Gasteiger partial charge in [0.2, 0.25) is 0 Å². The van der Waals surface area contributed by atoms with Crippen LogP contribution in [0.1, 0.15) is 27.4 Å². The predicted octanol–water partition coefficient (Wildman–Crippen LogP) is 4.00. The Morgan fingerprint density at radius 2 is 1.56 bits per heavy atom. The number of fused-ring (bicyclic) bond motifs is 3. The zero-order valence-corrected chi connectivity index (χ0v) is 16.8. The van der Waals surface area contributed by atoms with Gasteiger partial charge in [0.15, 0.2) is 0 Å². The first-order chi connectivity index (χ1) is 15.4. The number of rotatable bonds is 6. The molecule has 8 heteroatoms. The molecule has 1 aliphatic rings. The number of aliphatic carboxylic acids is 1. The van der Waals surface area contributed by atoms with E-state index < -0.39 is 30.3 Å². The molecule has 7 nitrogen and oxygen atoms in total. The van der Waals surface area contributed by atoms with Crippen LogP contribution in [0.25, 0.3) is 11.1 Å². The number of carboxylic acid groups (broad SMARTS) is 1. The molecular weight excluding hydrogens is 415 g/mol. The van der Waals surface area contributed by atoms with Crippen LogP contribution >= 0.6 is 0 Å². The topological polar surface area (TPSA) is 105 Å². The lowest BCUT2D eigenvalue weighted by atomic mass is 9.98. The molecular formula is C24H19FN2O5. The van der Waals surface area contributed by atoms with Gasteiger partial charge in [0.05, 0.1) is 5.56 Å². The number of carboxylic acids is 1. The van der Waals surface area contributed by atoms with E-state index in [1.807, 2.05) is 48.5 Å². The van der Waals surface area contributed by atoms with Crippen LogP contribution in [0.2, 0.25) is 0 Å². The SMILES string of the molecule is O=C(O)CNC(=O)c1ccc(NC(=O)OCC2c3ccccc3-c3ccccc32)cc1F. The second-order valence-electron chi connectivity index (χ2n) is 7.22. The Hall–Kier alpha value is -4.20. The maximum atomic E-state index is 14.2. The molecule has 0 heterocycles. The fourth-order valence-electron chi connectivity index (χ4n) is 3.78.